The number of amides is 1. The summed E-state index contributed by atoms with van der Waals surface area (Å²) in [5.74, 6) is 0.181. The Bertz CT molecular complexity index is 1040. The number of hydrogen-bond acceptors (Lipinski definition) is 6. The first-order valence-corrected chi connectivity index (χ1v) is 12.0. The van der Waals surface area contributed by atoms with Gasteiger partial charge in [-0.25, -0.2) is 4.79 Å². The van der Waals surface area contributed by atoms with Crippen LogP contribution in [0.4, 0.5) is 0 Å². The maximum atomic E-state index is 13.1. The zero-order valence-corrected chi connectivity index (χ0v) is 21.4. The lowest BCUT2D eigenvalue weighted by molar-refractivity contribution is -0.144. The van der Waals surface area contributed by atoms with Gasteiger partial charge in [0.15, 0.2) is 0 Å². The molecule has 3 rings (SSSR count). The molecule has 1 amide bonds. The van der Waals surface area contributed by atoms with Gasteiger partial charge in [0.05, 0.1) is 32.5 Å². The van der Waals surface area contributed by atoms with Gasteiger partial charge in [0.2, 0.25) is 0 Å². The maximum absolute atomic E-state index is 13.1. The molecule has 0 spiro atoms. The van der Waals surface area contributed by atoms with Gasteiger partial charge >= 0.3 is 5.97 Å². The summed E-state index contributed by atoms with van der Waals surface area (Å²) in [6, 6.07) is 12.3. The molecule has 188 valence electrons. The third-order valence-electron chi connectivity index (χ3n) is 5.98. The monoisotopic (exact) mass is 521 g/mol. The molecular weight excluding hydrogens is 493 g/mol. The minimum Gasteiger partial charge on any atom is -0.496 e. The number of rotatable bonds is 9. The molecule has 0 aromatic heterocycles. The standard InChI is InChI=1S/C26H29Cl2NO6/c1-32-20-5-4-6-21(33-2)22(20)17-9-7-16(8-10-17)15-19(26(31)34-3)29-25(30)23(24(27)28)18-11-13-35-14-12-18/h4-10,18-19H,11-15H2,1-3H3,(H,29,30)/t19-/m0/s1. The molecule has 0 unspecified atom stereocenters. The molecule has 0 aliphatic carbocycles. The molecule has 0 saturated carbocycles. The molecule has 2 aromatic rings. The molecule has 1 saturated heterocycles. The van der Waals surface area contributed by atoms with Crippen molar-refractivity contribution >= 4 is 35.1 Å². The highest BCUT2D eigenvalue weighted by Gasteiger charge is 2.30. The topological polar surface area (TPSA) is 83.1 Å². The number of halogens is 2. The van der Waals surface area contributed by atoms with Crippen molar-refractivity contribution in [2.24, 2.45) is 5.92 Å². The maximum Gasteiger partial charge on any atom is 0.328 e. The van der Waals surface area contributed by atoms with Gasteiger partial charge in [-0.3, -0.25) is 4.79 Å². The number of hydrogen-bond donors (Lipinski definition) is 1. The fourth-order valence-electron chi connectivity index (χ4n) is 4.16. The summed E-state index contributed by atoms with van der Waals surface area (Å²) in [6.07, 6.45) is 1.48. The van der Waals surface area contributed by atoms with Crippen molar-refractivity contribution in [2.75, 3.05) is 34.5 Å². The van der Waals surface area contributed by atoms with E-state index in [1.807, 2.05) is 42.5 Å². The summed E-state index contributed by atoms with van der Waals surface area (Å²) in [5, 5.41) is 2.76. The van der Waals surface area contributed by atoms with E-state index < -0.39 is 17.9 Å². The van der Waals surface area contributed by atoms with Gasteiger partial charge in [0.25, 0.3) is 5.91 Å². The third-order valence-corrected chi connectivity index (χ3v) is 6.39. The lowest BCUT2D eigenvalue weighted by atomic mass is 9.91. The van der Waals surface area contributed by atoms with E-state index >= 15 is 0 Å². The Hall–Kier alpha value is -2.74. The number of nitrogens with one attached hydrogen (secondary N) is 1. The summed E-state index contributed by atoms with van der Waals surface area (Å²) >= 11 is 12.1. The van der Waals surface area contributed by atoms with Crippen LogP contribution in [0.25, 0.3) is 11.1 Å². The number of esters is 1. The normalized spacial score (nSPS) is 14.5. The molecule has 35 heavy (non-hydrogen) atoms. The molecule has 1 atom stereocenters. The van der Waals surface area contributed by atoms with E-state index in [-0.39, 0.29) is 22.4 Å². The van der Waals surface area contributed by atoms with E-state index in [1.54, 1.807) is 14.2 Å². The van der Waals surface area contributed by atoms with Gasteiger partial charge in [-0.05, 0) is 42.0 Å². The van der Waals surface area contributed by atoms with E-state index in [1.165, 1.54) is 7.11 Å². The average Bonchev–Trinajstić information content (AvgIpc) is 2.88. The minimum atomic E-state index is -0.915. The van der Waals surface area contributed by atoms with Gasteiger partial charge in [0.1, 0.15) is 22.0 Å². The SMILES string of the molecule is COC(=O)[C@H](Cc1ccc(-c2c(OC)cccc2OC)cc1)NC(=O)C(=C(Cl)Cl)C1CCOCC1. The average molecular weight is 522 g/mol. The number of methoxy groups -OCH3 is 3. The predicted octanol–water partition coefficient (Wildman–Crippen LogP) is 4.69. The first-order valence-electron chi connectivity index (χ1n) is 11.2. The van der Waals surface area contributed by atoms with Gasteiger partial charge in [-0.1, -0.05) is 53.5 Å². The fourth-order valence-corrected chi connectivity index (χ4v) is 4.64. The van der Waals surface area contributed by atoms with Crippen molar-refractivity contribution in [3.63, 3.8) is 0 Å². The van der Waals surface area contributed by atoms with Crippen molar-refractivity contribution in [1.82, 2.24) is 5.32 Å². The molecule has 1 aliphatic heterocycles. The number of carbonyl (C=O) groups is 2. The molecule has 9 heteroatoms. The molecule has 1 aliphatic rings. The van der Waals surface area contributed by atoms with Crippen molar-refractivity contribution in [1.29, 1.82) is 0 Å². The smallest absolute Gasteiger partial charge is 0.328 e. The highest BCUT2D eigenvalue weighted by molar-refractivity contribution is 6.57. The minimum absolute atomic E-state index is 0.104. The lowest BCUT2D eigenvalue weighted by Crippen LogP contribution is -2.44. The Balaban J connectivity index is 1.80. The van der Waals surface area contributed by atoms with Crippen LogP contribution in [0.5, 0.6) is 11.5 Å². The fraction of sp³-hybridized carbons (Fsp3) is 0.385. The third kappa shape index (κ3) is 6.69. The van der Waals surface area contributed by atoms with Crippen LogP contribution in [-0.2, 0) is 25.5 Å². The molecule has 1 N–H and O–H groups in total. The Kier molecular flexibility index (Phi) is 9.83. The van der Waals surface area contributed by atoms with Crippen LogP contribution >= 0.6 is 23.2 Å². The summed E-state index contributed by atoms with van der Waals surface area (Å²) in [7, 11) is 4.49. The molecule has 0 bridgehead atoms. The van der Waals surface area contributed by atoms with Crippen molar-refractivity contribution in [2.45, 2.75) is 25.3 Å². The zero-order chi connectivity index (χ0) is 25.4. The molecule has 0 radical (unpaired) electrons. The molecule has 2 aromatic carbocycles. The Morgan fingerprint density at radius 2 is 1.60 bits per heavy atom. The van der Waals surface area contributed by atoms with E-state index in [0.29, 0.717) is 37.6 Å². The molecule has 7 nitrogen and oxygen atoms in total. The van der Waals surface area contributed by atoms with Crippen LogP contribution in [-0.4, -0.2) is 52.5 Å². The van der Waals surface area contributed by atoms with Crippen LogP contribution in [0.15, 0.2) is 52.5 Å². The van der Waals surface area contributed by atoms with Crippen LogP contribution in [0.2, 0.25) is 0 Å². The highest BCUT2D eigenvalue weighted by Crippen LogP contribution is 2.38. The van der Waals surface area contributed by atoms with E-state index in [0.717, 1.165) is 16.7 Å². The highest BCUT2D eigenvalue weighted by atomic mass is 35.5. The summed E-state index contributed by atoms with van der Waals surface area (Å²) in [6.45, 7) is 1.04. The summed E-state index contributed by atoms with van der Waals surface area (Å²) in [4.78, 5) is 25.6. The second-order valence-electron chi connectivity index (χ2n) is 8.05. The molecule has 1 fully saturated rings. The van der Waals surface area contributed by atoms with Crippen LogP contribution in [0.3, 0.4) is 0 Å². The van der Waals surface area contributed by atoms with E-state index in [9.17, 15) is 9.59 Å². The second kappa shape index (κ2) is 12.8. The number of benzene rings is 2. The Morgan fingerprint density at radius 1 is 1.00 bits per heavy atom. The van der Waals surface area contributed by atoms with Gasteiger partial charge in [0, 0.05) is 19.6 Å². The van der Waals surface area contributed by atoms with Crippen LogP contribution in [0, 0.1) is 5.92 Å². The number of ether oxygens (including phenoxy) is 4. The predicted molar refractivity (Wildman–Crippen MR) is 135 cm³/mol. The quantitative estimate of drug-likeness (QED) is 0.380. The second-order valence-corrected chi connectivity index (χ2v) is 9.00. The lowest BCUT2D eigenvalue weighted by Gasteiger charge is -2.25. The van der Waals surface area contributed by atoms with E-state index in [4.69, 9.17) is 42.1 Å². The van der Waals surface area contributed by atoms with Gasteiger partial charge in [-0.2, -0.15) is 0 Å². The first-order chi connectivity index (χ1) is 16.9. The summed E-state index contributed by atoms with van der Waals surface area (Å²) in [5.41, 5.74) is 2.81. The van der Waals surface area contributed by atoms with Crippen molar-refractivity contribution < 1.29 is 28.5 Å². The van der Waals surface area contributed by atoms with Crippen molar-refractivity contribution in [3.8, 4) is 22.6 Å². The first kappa shape index (κ1) is 26.9. The zero-order valence-electron chi connectivity index (χ0n) is 19.9. The van der Waals surface area contributed by atoms with E-state index in [2.05, 4.69) is 5.32 Å². The largest absolute Gasteiger partial charge is 0.496 e. The summed E-state index contributed by atoms with van der Waals surface area (Å²) < 4.78 is 21.2. The Labute approximate surface area is 215 Å². The molecular formula is C26H29Cl2NO6. The number of carbonyl (C=O) groups excluding carboxylic acids is 2. The Morgan fingerprint density at radius 3 is 2.11 bits per heavy atom. The molecule has 1 heterocycles. The van der Waals surface area contributed by atoms with Gasteiger partial charge < -0.3 is 24.3 Å². The van der Waals surface area contributed by atoms with Crippen LogP contribution < -0.4 is 14.8 Å². The van der Waals surface area contributed by atoms with Gasteiger partial charge in [-0.15, -0.1) is 0 Å². The van der Waals surface area contributed by atoms with Crippen molar-refractivity contribution in [3.05, 3.63) is 58.1 Å². The van der Waals surface area contributed by atoms with Crippen LogP contribution in [0.1, 0.15) is 18.4 Å².